The zero-order valence-corrected chi connectivity index (χ0v) is 11.4. The van der Waals surface area contributed by atoms with Gasteiger partial charge in [0.1, 0.15) is 12.2 Å². The van der Waals surface area contributed by atoms with Gasteiger partial charge in [0, 0.05) is 25.9 Å². The second-order valence-corrected chi connectivity index (χ2v) is 4.39. The van der Waals surface area contributed by atoms with E-state index in [1.165, 1.54) is 12.0 Å². The molecule has 1 amide bonds. The Labute approximate surface area is 111 Å². The summed E-state index contributed by atoms with van der Waals surface area (Å²) in [5.74, 6) is -1.47. The fourth-order valence-corrected chi connectivity index (χ4v) is 1.52. The first kappa shape index (κ1) is 15.2. The van der Waals surface area contributed by atoms with Gasteiger partial charge in [0.15, 0.2) is 0 Å². The van der Waals surface area contributed by atoms with Crippen LogP contribution in [0.5, 0.6) is 0 Å². The molecule has 106 valence electrons. The molecular formula is C12H19N3O4. The van der Waals surface area contributed by atoms with Crippen LogP contribution < -0.4 is 0 Å². The van der Waals surface area contributed by atoms with Gasteiger partial charge in [0.25, 0.3) is 5.91 Å². The van der Waals surface area contributed by atoms with Gasteiger partial charge in [-0.25, -0.2) is 0 Å². The van der Waals surface area contributed by atoms with E-state index in [4.69, 9.17) is 9.84 Å². The summed E-state index contributed by atoms with van der Waals surface area (Å²) in [5, 5.41) is 12.9. The van der Waals surface area contributed by atoms with E-state index in [9.17, 15) is 9.59 Å². The molecule has 0 saturated heterocycles. The van der Waals surface area contributed by atoms with Crippen LogP contribution in [0, 0.1) is 0 Å². The number of hydrogen-bond donors (Lipinski definition) is 1. The number of amides is 1. The third kappa shape index (κ3) is 4.36. The Kier molecular flexibility index (Phi) is 5.50. The summed E-state index contributed by atoms with van der Waals surface area (Å²) >= 11 is 0. The van der Waals surface area contributed by atoms with Crippen molar-refractivity contribution < 1.29 is 19.4 Å². The highest BCUT2D eigenvalue weighted by atomic mass is 16.5. The number of carbonyl (C=O) groups excluding carboxylic acids is 1. The minimum absolute atomic E-state index is 0.147. The highest BCUT2D eigenvalue weighted by molar-refractivity contribution is 5.94. The number of methoxy groups -OCH3 is 1. The minimum Gasteiger partial charge on any atom is -0.480 e. The average Bonchev–Trinajstić information content (AvgIpc) is 2.82. The van der Waals surface area contributed by atoms with Gasteiger partial charge < -0.3 is 14.7 Å². The highest BCUT2D eigenvalue weighted by Crippen LogP contribution is 2.07. The molecule has 1 N–H and O–H groups in total. The lowest BCUT2D eigenvalue weighted by Crippen LogP contribution is -2.38. The first-order valence-electron chi connectivity index (χ1n) is 6.01. The van der Waals surface area contributed by atoms with E-state index in [1.54, 1.807) is 16.9 Å². The molecule has 0 saturated carbocycles. The first-order valence-corrected chi connectivity index (χ1v) is 6.01. The van der Waals surface area contributed by atoms with Crippen LogP contribution in [0.4, 0.5) is 0 Å². The third-order valence-electron chi connectivity index (χ3n) is 2.54. The van der Waals surface area contributed by atoms with E-state index in [0.29, 0.717) is 0 Å². The van der Waals surface area contributed by atoms with E-state index >= 15 is 0 Å². The highest BCUT2D eigenvalue weighted by Gasteiger charge is 2.20. The molecule has 0 spiro atoms. The number of ether oxygens (including phenoxy) is 1. The second kappa shape index (κ2) is 6.89. The summed E-state index contributed by atoms with van der Waals surface area (Å²) < 4.78 is 6.53. The molecule has 1 rings (SSSR count). The molecule has 0 aliphatic rings. The Balaban J connectivity index is 2.81. The average molecular weight is 269 g/mol. The van der Waals surface area contributed by atoms with Crippen molar-refractivity contribution in [2.24, 2.45) is 0 Å². The van der Waals surface area contributed by atoms with Crippen LogP contribution >= 0.6 is 0 Å². The normalized spacial score (nSPS) is 10.7. The zero-order chi connectivity index (χ0) is 14.4. The molecule has 1 heterocycles. The second-order valence-electron chi connectivity index (χ2n) is 4.39. The molecular weight excluding hydrogens is 250 g/mol. The number of aliphatic carboxylic acids is 1. The van der Waals surface area contributed by atoms with Crippen molar-refractivity contribution in [2.45, 2.75) is 19.9 Å². The van der Waals surface area contributed by atoms with Crippen LogP contribution in [0.2, 0.25) is 0 Å². The van der Waals surface area contributed by atoms with Gasteiger partial charge in [0.2, 0.25) is 0 Å². The summed E-state index contributed by atoms with van der Waals surface area (Å²) in [7, 11) is 1.50. The van der Waals surface area contributed by atoms with Gasteiger partial charge in [-0.1, -0.05) is 0 Å². The lowest BCUT2D eigenvalue weighted by atomic mass is 10.3. The lowest BCUT2D eigenvalue weighted by molar-refractivity contribution is -0.137. The summed E-state index contributed by atoms with van der Waals surface area (Å²) in [6.07, 6.45) is 1.70. The third-order valence-corrected chi connectivity index (χ3v) is 2.54. The maximum atomic E-state index is 12.2. The molecule has 0 aromatic carbocycles. The molecule has 0 unspecified atom stereocenters. The van der Waals surface area contributed by atoms with Crippen LogP contribution in [-0.4, -0.2) is 58.5 Å². The molecule has 0 fully saturated rings. The maximum Gasteiger partial charge on any atom is 0.323 e. The summed E-state index contributed by atoms with van der Waals surface area (Å²) in [4.78, 5) is 24.1. The number of carboxylic acid groups (broad SMARTS) is 1. The fraction of sp³-hybridized carbons (Fsp3) is 0.583. The van der Waals surface area contributed by atoms with E-state index in [1.807, 2.05) is 13.8 Å². The van der Waals surface area contributed by atoms with Gasteiger partial charge in [-0.2, -0.15) is 5.10 Å². The minimum atomic E-state index is -1.06. The van der Waals surface area contributed by atoms with Crippen molar-refractivity contribution >= 4 is 11.9 Å². The number of carboxylic acids is 1. The first-order chi connectivity index (χ1) is 8.95. The number of nitrogens with zero attached hydrogens (tertiary/aromatic N) is 3. The Morgan fingerprint density at radius 1 is 1.53 bits per heavy atom. The van der Waals surface area contributed by atoms with Gasteiger partial charge >= 0.3 is 5.97 Å². The fourth-order valence-electron chi connectivity index (χ4n) is 1.52. The Bertz CT molecular complexity index is 442. The van der Waals surface area contributed by atoms with E-state index in [-0.39, 0.29) is 31.4 Å². The van der Waals surface area contributed by atoms with Crippen molar-refractivity contribution in [1.29, 1.82) is 0 Å². The van der Waals surface area contributed by atoms with Crippen molar-refractivity contribution in [1.82, 2.24) is 14.7 Å². The van der Waals surface area contributed by atoms with Gasteiger partial charge in [0.05, 0.1) is 6.61 Å². The molecule has 7 nitrogen and oxygen atoms in total. The van der Waals surface area contributed by atoms with E-state index in [2.05, 4.69) is 5.10 Å². The summed E-state index contributed by atoms with van der Waals surface area (Å²) in [6, 6.07) is 1.73. The Morgan fingerprint density at radius 2 is 2.21 bits per heavy atom. The molecule has 0 atom stereocenters. The monoisotopic (exact) mass is 269 g/mol. The molecule has 1 aromatic heterocycles. The molecule has 0 aliphatic carbocycles. The van der Waals surface area contributed by atoms with Gasteiger partial charge in [-0.15, -0.1) is 0 Å². The molecule has 1 aromatic rings. The van der Waals surface area contributed by atoms with Crippen LogP contribution in [-0.2, 0) is 9.53 Å². The molecule has 7 heteroatoms. The van der Waals surface area contributed by atoms with Crippen molar-refractivity contribution in [3.8, 4) is 0 Å². The van der Waals surface area contributed by atoms with Crippen molar-refractivity contribution in [3.63, 3.8) is 0 Å². The summed E-state index contributed by atoms with van der Waals surface area (Å²) in [5.41, 5.74) is 0.242. The molecule has 0 bridgehead atoms. The van der Waals surface area contributed by atoms with E-state index in [0.717, 1.165) is 0 Å². The predicted octanol–water partition coefficient (Wildman–Crippen LogP) is 0.637. The Morgan fingerprint density at radius 3 is 2.68 bits per heavy atom. The SMILES string of the molecule is COCCN(CC(=O)O)C(=O)c1ccn(C(C)C)n1. The van der Waals surface area contributed by atoms with Gasteiger partial charge in [-0.05, 0) is 19.9 Å². The number of carbonyl (C=O) groups is 2. The number of hydrogen-bond acceptors (Lipinski definition) is 4. The topological polar surface area (TPSA) is 84.7 Å². The molecule has 0 radical (unpaired) electrons. The quantitative estimate of drug-likeness (QED) is 0.785. The standard InChI is InChI=1S/C12H19N3O4/c1-9(2)15-5-4-10(13-15)12(18)14(6-7-19-3)8-11(16)17/h4-5,9H,6-8H2,1-3H3,(H,16,17). The zero-order valence-electron chi connectivity index (χ0n) is 11.4. The van der Waals surface area contributed by atoms with Crippen LogP contribution in [0.15, 0.2) is 12.3 Å². The van der Waals surface area contributed by atoms with Crippen LogP contribution in [0.25, 0.3) is 0 Å². The summed E-state index contributed by atoms with van der Waals surface area (Å²) in [6.45, 7) is 4.03. The van der Waals surface area contributed by atoms with E-state index < -0.39 is 11.9 Å². The van der Waals surface area contributed by atoms with Crippen LogP contribution in [0.3, 0.4) is 0 Å². The maximum absolute atomic E-state index is 12.2. The smallest absolute Gasteiger partial charge is 0.323 e. The number of aromatic nitrogens is 2. The van der Waals surface area contributed by atoms with Crippen molar-refractivity contribution in [2.75, 3.05) is 26.8 Å². The molecule has 19 heavy (non-hydrogen) atoms. The number of rotatable bonds is 7. The predicted molar refractivity (Wildman–Crippen MR) is 68.0 cm³/mol. The Hall–Kier alpha value is -1.89. The largest absolute Gasteiger partial charge is 0.480 e. The van der Waals surface area contributed by atoms with Crippen molar-refractivity contribution in [3.05, 3.63) is 18.0 Å². The van der Waals surface area contributed by atoms with Gasteiger partial charge in [-0.3, -0.25) is 14.3 Å². The molecule has 0 aliphatic heterocycles. The van der Waals surface area contributed by atoms with Crippen LogP contribution in [0.1, 0.15) is 30.4 Å². The lowest BCUT2D eigenvalue weighted by Gasteiger charge is -2.19.